The van der Waals surface area contributed by atoms with Crippen molar-refractivity contribution >= 4 is 17.5 Å². The van der Waals surface area contributed by atoms with Gasteiger partial charge in [-0.25, -0.2) is 0 Å². The van der Waals surface area contributed by atoms with E-state index < -0.39 is 0 Å². The molecule has 0 aliphatic heterocycles. The van der Waals surface area contributed by atoms with Crippen LogP contribution < -0.4 is 0 Å². The monoisotopic (exact) mass is 261 g/mol. The molecule has 0 amide bonds. The number of hydrogen-bond acceptors (Lipinski definition) is 4. The second kappa shape index (κ2) is 5.35. The van der Waals surface area contributed by atoms with Crippen molar-refractivity contribution in [2.75, 3.05) is 0 Å². The normalized spacial score (nSPS) is 10.6. The smallest absolute Gasteiger partial charge is 0.180 e. The van der Waals surface area contributed by atoms with Gasteiger partial charge in [0.05, 0.1) is 10.7 Å². The molecule has 2 aromatic rings. The Morgan fingerprint density at radius 1 is 1.44 bits per heavy atom. The van der Waals surface area contributed by atoms with Crippen LogP contribution >= 0.6 is 11.8 Å². The van der Waals surface area contributed by atoms with Gasteiger partial charge < -0.3 is 0 Å². The molecule has 0 saturated carbocycles. The van der Waals surface area contributed by atoms with Crippen molar-refractivity contribution in [2.45, 2.75) is 30.2 Å². The number of aromatic nitrogens is 3. The molecule has 2 rings (SSSR count). The van der Waals surface area contributed by atoms with Crippen LogP contribution in [0.5, 0.6) is 0 Å². The predicted molar refractivity (Wildman–Crippen MR) is 70.9 cm³/mol. The Kier molecular flexibility index (Phi) is 3.81. The van der Waals surface area contributed by atoms with E-state index in [4.69, 9.17) is 0 Å². The SMILES string of the molecule is CCC(=O)c1ccc(Sc2cc(C)nn2C)cn1. The van der Waals surface area contributed by atoms with E-state index in [9.17, 15) is 4.79 Å². The lowest BCUT2D eigenvalue weighted by molar-refractivity contribution is 0.0983. The largest absolute Gasteiger partial charge is 0.292 e. The van der Waals surface area contributed by atoms with E-state index in [0.29, 0.717) is 12.1 Å². The van der Waals surface area contributed by atoms with E-state index in [1.807, 2.05) is 37.7 Å². The summed E-state index contributed by atoms with van der Waals surface area (Å²) in [6, 6.07) is 5.72. The van der Waals surface area contributed by atoms with Crippen LogP contribution in [0.15, 0.2) is 34.3 Å². The molecule has 0 unspecified atom stereocenters. The van der Waals surface area contributed by atoms with Gasteiger partial charge in [-0.2, -0.15) is 5.10 Å². The first kappa shape index (κ1) is 12.8. The lowest BCUT2D eigenvalue weighted by Crippen LogP contribution is -1.99. The molecule has 18 heavy (non-hydrogen) atoms. The zero-order valence-corrected chi connectivity index (χ0v) is 11.5. The Labute approximate surface area is 110 Å². The molecular formula is C13H15N3OS. The van der Waals surface area contributed by atoms with Crippen molar-refractivity contribution in [3.8, 4) is 0 Å². The van der Waals surface area contributed by atoms with E-state index in [-0.39, 0.29) is 5.78 Å². The minimum Gasteiger partial charge on any atom is -0.292 e. The van der Waals surface area contributed by atoms with Crippen molar-refractivity contribution in [3.63, 3.8) is 0 Å². The molecule has 94 valence electrons. The highest BCUT2D eigenvalue weighted by Gasteiger charge is 2.07. The minimum atomic E-state index is 0.0722. The van der Waals surface area contributed by atoms with Crippen LogP contribution in [0.25, 0.3) is 0 Å². The summed E-state index contributed by atoms with van der Waals surface area (Å²) >= 11 is 1.59. The fraction of sp³-hybridized carbons (Fsp3) is 0.308. The van der Waals surface area contributed by atoms with E-state index in [1.165, 1.54) is 0 Å². The Balaban J connectivity index is 2.16. The summed E-state index contributed by atoms with van der Waals surface area (Å²) in [5, 5.41) is 5.35. The van der Waals surface area contributed by atoms with Crippen LogP contribution in [-0.2, 0) is 7.05 Å². The lowest BCUT2D eigenvalue weighted by Gasteiger charge is -2.02. The second-order valence-corrected chi connectivity index (χ2v) is 5.10. The zero-order chi connectivity index (χ0) is 13.1. The third kappa shape index (κ3) is 2.79. The Hall–Kier alpha value is -1.62. The van der Waals surface area contributed by atoms with Crippen LogP contribution in [-0.4, -0.2) is 20.5 Å². The number of pyridine rings is 1. The van der Waals surface area contributed by atoms with Gasteiger partial charge in [0.15, 0.2) is 5.78 Å². The predicted octanol–water partition coefficient (Wildman–Crippen LogP) is 2.87. The van der Waals surface area contributed by atoms with Gasteiger partial charge in [0.25, 0.3) is 0 Å². The fourth-order valence-corrected chi connectivity index (χ4v) is 2.48. The molecule has 0 radical (unpaired) electrons. The van der Waals surface area contributed by atoms with Gasteiger partial charge in [-0.3, -0.25) is 14.5 Å². The van der Waals surface area contributed by atoms with Gasteiger partial charge in [-0.1, -0.05) is 18.7 Å². The third-order valence-corrected chi connectivity index (χ3v) is 3.59. The minimum absolute atomic E-state index is 0.0722. The van der Waals surface area contributed by atoms with Crippen molar-refractivity contribution in [2.24, 2.45) is 7.05 Å². The maximum absolute atomic E-state index is 11.5. The van der Waals surface area contributed by atoms with Gasteiger partial charge in [-0.05, 0) is 25.1 Å². The number of hydrogen-bond donors (Lipinski definition) is 0. The summed E-state index contributed by atoms with van der Waals surface area (Å²) in [6.07, 6.45) is 2.22. The van der Waals surface area contributed by atoms with Crippen molar-refractivity contribution < 1.29 is 4.79 Å². The van der Waals surface area contributed by atoms with Crippen LogP contribution in [0, 0.1) is 6.92 Å². The zero-order valence-electron chi connectivity index (χ0n) is 10.7. The molecule has 0 aliphatic carbocycles. The van der Waals surface area contributed by atoms with Crippen molar-refractivity contribution in [3.05, 3.63) is 35.8 Å². The quantitative estimate of drug-likeness (QED) is 0.794. The Morgan fingerprint density at radius 3 is 2.72 bits per heavy atom. The Morgan fingerprint density at radius 2 is 2.22 bits per heavy atom. The van der Waals surface area contributed by atoms with Crippen LogP contribution in [0.2, 0.25) is 0 Å². The van der Waals surface area contributed by atoms with Crippen LogP contribution in [0.3, 0.4) is 0 Å². The number of nitrogens with zero attached hydrogens (tertiary/aromatic N) is 3. The van der Waals surface area contributed by atoms with Gasteiger partial charge in [-0.15, -0.1) is 0 Å². The molecule has 0 saturated heterocycles. The first-order valence-electron chi connectivity index (χ1n) is 5.78. The van der Waals surface area contributed by atoms with Crippen molar-refractivity contribution in [1.82, 2.24) is 14.8 Å². The molecular weight excluding hydrogens is 246 g/mol. The molecule has 5 heteroatoms. The number of carbonyl (C=O) groups is 1. The summed E-state index contributed by atoms with van der Waals surface area (Å²) in [5.41, 5.74) is 1.52. The number of aryl methyl sites for hydroxylation is 2. The topological polar surface area (TPSA) is 47.8 Å². The molecule has 0 fully saturated rings. The average molecular weight is 261 g/mol. The van der Waals surface area contributed by atoms with Gasteiger partial charge in [0.1, 0.15) is 5.69 Å². The Bertz CT molecular complexity index is 560. The number of carbonyl (C=O) groups excluding carboxylic acids is 1. The highest BCUT2D eigenvalue weighted by Crippen LogP contribution is 2.27. The molecule has 0 bridgehead atoms. The van der Waals surface area contributed by atoms with Gasteiger partial charge in [0, 0.05) is 24.6 Å². The highest BCUT2D eigenvalue weighted by atomic mass is 32.2. The lowest BCUT2D eigenvalue weighted by atomic mass is 10.2. The summed E-state index contributed by atoms with van der Waals surface area (Å²) in [6.45, 7) is 3.80. The molecule has 4 nitrogen and oxygen atoms in total. The molecule has 2 heterocycles. The van der Waals surface area contributed by atoms with Crippen LogP contribution in [0.1, 0.15) is 29.5 Å². The maximum Gasteiger partial charge on any atom is 0.180 e. The fourth-order valence-electron chi connectivity index (χ4n) is 1.59. The molecule has 2 aromatic heterocycles. The molecule has 0 atom stereocenters. The first-order valence-corrected chi connectivity index (χ1v) is 6.59. The standard InChI is InChI=1S/C13H15N3OS/c1-4-12(17)11-6-5-10(8-14-11)18-13-7-9(2)15-16(13)3/h5-8H,4H2,1-3H3. The molecule has 0 N–H and O–H groups in total. The summed E-state index contributed by atoms with van der Waals surface area (Å²) in [4.78, 5) is 16.6. The van der Waals surface area contributed by atoms with E-state index in [0.717, 1.165) is 15.6 Å². The number of ketones is 1. The van der Waals surface area contributed by atoms with Gasteiger partial charge in [0.2, 0.25) is 0 Å². The summed E-state index contributed by atoms with van der Waals surface area (Å²) in [5.74, 6) is 0.0722. The maximum atomic E-state index is 11.5. The summed E-state index contributed by atoms with van der Waals surface area (Å²) < 4.78 is 1.84. The van der Waals surface area contributed by atoms with E-state index in [2.05, 4.69) is 10.1 Å². The van der Waals surface area contributed by atoms with E-state index in [1.54, 1.807) is 24.0 Å². The molecule has 0 aliphatic rings. The summed E-state index contributed by atoms with van der Waals surface area (Å²) in [7, 11) is 1.91. The average Bonchev–Trinajstić information content (AvgIpc) is 2.68. The van der Waals surface area contributed by atoms with E-state index >= 15 is 0 Å². The van der Waals surface area contributed by atoms with Gasteiger partial charge >= 0.3 is 0 Å². The highest BCUT2D eigenvalue weighted by molar-refractivity contribution is 7.99. The molecule has 0 aromatic carbocycles. The first-order chi connectivity index (χ1) is 8.60. The third-order valence-electron chi connectivity index (χ3n) is 2.52. The van der Waals surface area contributed by atoms with Crippen molar-refractivity contribution in [1.29, 1.82) is 0 Å². The molecule has 0 spiro atoms. The number of Topliss-reactive ketones (excluding diaryl/α,β-unsaturated/α-hetero) is 1. The second-order valence-electron chi connectivity index (χ2n) is 4.01. The number of rotatable bonds is 4. The van der Waals surface area contributed by atoms with Crippen LogP contribution in [0.4, 0.5) is 0 Å².